The summed E-state index contributed by atoms with van der Waals surface area (Å²) in [6, 6.07) is 12.0. The van der Waals surface area contributed by atoms with Crippen molar-refractivity contribution in [2.75, 3.05) is 5.32 Å². The van der Waals surface area contributed by atoms with Gasteiger partial charge in [-0.05, 0) is 42.5 Å². The summed E-state index contributed by atoms with van der Waals surface area (Å²) in [5.74, 6) is -2.02. The normalized spacial score (nSPS) is 11.0. The second-order valence-electron chi connectivity index (χ2n) is 5.34. The number of hydrogen-bond donors (Lipinski definition) is 3. The standard InChI is InChI=1S/C19H14N2O6/c22-17(20-13-5-1-4-12(10-13)19(24)25)15(11-14-6-2-8-26-14)21-18(23)16-7-3-9-27-16/h1-11H,(H,20,22)(H,21,23)(H,24,25)/b15-11+. The summed E-state index contributed by atoms with van der Waals surface area (Å²) in [5, 5.41) is 14.0. The Bertz CT molecular complexity index is 987. The van der Waals surface area contributed by atoms with Crippen molar-refractivity contribution in [3.8, 4) is 0 Å². The summed E-state index contributed by atoms with van der Waals surface area (Å²) >= 11 is 0. The van der Waals surface area contributed by atoms with Crippen LogP contribution in [0.25, 0.3) is 6.08 Å². The average Bonchev–Trinajstić information content (AvgIpc) is 3.35. The molecule has 8 heteroatoms. The highest BCUT2D eigenvalue weighted by Crippen LogP contribution is 2.14. The summed E-state index contributed by atoms with van der Waals surface area (Å²) < 4.78 is 10.2. The Labute approximate surface area is 153 Å². The highest BCUT2D eigenvalue weighted by atomic mass is 16.4. The van der Waals surface area contributed by atoms with E-state index in [1.165, 1.54) is 48.9 Å². The Kier molecular flexibility index (Phi) is 5.17. The van der Waals surface area contributed by atoms with Gasteiger partial charge in [0.1, 0.15) is 11.5 Å². The molecule has 3 aromatic rings. The highest BCUT2D eigenvalue weighted by Gasteiger charge is 2.17. The van der Waals surface area contributed by atoms with Gasteiger partial charge in [0.25, 0.3) is 11.8 Å². The summed E-state index contributed by atoms with van der Waals surface area (Å²) in [6.45, 7) is 0. The lowest BCUT2D eigenvalue weighted by Crippen LogP contribution is -2.30. The minimum absolute atomic E-state index is 0.0176. The van der Waals surface area contributed by atoms with Crippen LogP contribution in [0.5, 0.6) is 0 Å². The molecular weight excluding hydrogens is 352 g/mol. The molecule has 3 rings (SSSR count). The van der Waals surface area contributed by atoms with E-state index in [1.807, 2.05) is 0 Å². The Morgan fingerprint density at radius 1 is 0.963 bits per heavy atom. The molecule has 0 bridgehead atoms. The van der Waals surface area contributed by atoms with E-state index in [4.69, 9.17) is 13.9 Å². The van der Waals surface area contributed by atoms with Crippen molar-refractivity contribution < 1.29 is 28.3 Å². The van der Waals surface area contributed by atoms with Gasteiger partial charge >= 0.3 is 5.97 Å². The van der Waals surface area contributed by atoms with Crippen molar-refractivity contribution in [1.82, 2.24) is 5.32 Å². The predicted octanol–water partition coefficient (Wildman–Crippen LogP) is 2.98. The van der Waals surface area contributed by atoms with Crippen molar-refractivity contribution in [1.29, 1.82) is 0 Å². The minimum atomic E-state index is -1.12. The van der Waals surface area contributed by atoms with Crippen LogP contribution in [-0.2, 0) is 4.79 Å². The van der Waals surface area contributed by atoms with Crippen LogP contribution in [-0.4, -0.2) is 22.9 Å². The van der Waals surface area contributed by atoms with Crippen LogP contribution in [0.2, 0.25) is 0 Å². The van der Waals surface area contributed by atoms with E-state index in [0.29, 0.717) is 5.76 Å². The molecule has 0 atom stereocenters. The van der Waals surface area contributed by atoms with E-state index in [2.05, 4.69) is 10.6 Å². The van der Waals surface area contributed by atoms with Gasteiger partial charge in [0.2, 0.25) is 0 Å². The largest absolute Gasteiger partial charge is 0.478 e. The minimum Gasteiger partial charge on any atom is -0.478 e. The van der Waals surface area contributed by atoms with Crippen LogP contribution in [0.1, 0.15) is 26.7 Å². The molecule has 0 saturated carbocycles. The molecule has 0 aliphatic carbocycles. The topological polar surface area (TPSA) is 122 Å². The van der Waals surface area contributed by atoms with E-state index < -0.39 is 17.8 Å². The first-order valence-electron chi connectivity index (χ1n) is 7.78. The Morgan fingerprint density at radius 2 is 1.74 bits per heavy atom. The molecule has 1 aromatic carbocycles. The molecule has 8 nitrogen and oxygen atoms in total. The summed E-state index contributed by atoms with van der Waals surface area (Å²) in [5.41, 5.74) is 0.175. The van der Waals surface area contributed by atoms with Crippen molar-refractivity contribution in [2.45, 2.75) is 0 Å². The van der Waals surface area contributed by atoms with Crippen molar-refractivity contribution in [3.05, 3.63) is 83.8 Å². The van der Waals surface area contributed by atoms with Crippen LogP contribution < -0.4 is 10.6 Å². The van der Waals surface area contributed by atoms with Gasteiger partial charge in [-0.1, -0.05) is 6.07 Å². The molecule has 0 radical (unpaired) electrons. The molecule has 0 saturated heterocycles. The van der Waals surface area contributed by atoms with Crippen molar-refractivity contribution >= 4 is 29.5 Å². The number of aromatic carboxylic acids is 1. The molecule has 3 N–H and O–H groups in total. The fraction of sp³-hybridized carbons (Fsp3) is 0. The van der Waals surface area contributed by atoms with Crippen LogP contribution in [0, 0.1) is 0 Å². The molecule has 0 spiro atoms. The quantitative estimate of drug-likeness (QED) is 0.577. The molecule has 2 heterocycles. The first kappa shape index (κ1) is 17.7. The summed E-state index contributed by atoms with van der Waals surface area (Å²) in [7, 11) is 0. The van der Waals surface area contributed by atoms with Crippen LogP contribution >= 0.6 is 0 Å². The molecule has 0 aliphatic heterocycles. The number of carboxylic acids is 1. The smallest absolute Gasteiger partial charge is 0.335 e. The number of nitrogens with one attached hydrogen (secondary N) is 2. The Hall–Kier alpha value is -4.07. The van der Waals surface area contributed by atoms with Gasteiger partial charge in [-0.3, -0.25) is 9.59 Å². The van der Waals surface area contributed by atoms with E-state index >= 15 is 0 Å². The molecule has 0 unspecified atom stereocenters. The maximum absolute atomic E-state index is 12.6. The number of anilines is 1. The van der Waals surface area contributed by atoms with Crippen molar-refractivity contribution in [3.63, 3.8) is 0 Å². The molecule has 136 valence electrons. The first-order chi connectivity index (χ1) is 13.0. The Balaban J connectivity index is 1.83. The number of carbonyl (C=O) groups excluding carboxylic acids is 2. The van der Waals surface area contributed by atoms with E-state index in [9.17, 15) is 14.4 Å². The van der Waals surface area contributed by atoms with Gasteiger partial charge in [0.05, 0.1) is 18.1 Å². The lowest BCUT2D eigenvalue weighted by molar-refractivity contribution is -0.113. The van der Waals surface area contributed by atoms with Crippen LogP contribution in [0.4, 0.5) is 5.69 Å². The lowest BCUT2D eigenvalue weighted by atomic mass is 10.2. The third-order valence-electron chi connectivity index (χ3n) is 3.43. The van der Waals surface area contributed by atoms with Gasteiger partial charge in [0.15, 0.2) is 5.76 Å². The average molecular weight is 366 g/mol. The number of furan rings is 2. The van der Waals surface area contributed by atoms with Gasteiger partial charge < -0.3 is 24.6 Å². The SMILES string of the molecule is O=C(Nc1cccc(C(=O)O)c1)/C(=C\c1ccco1)NC(=O)c1ccco1. The summed E-state index contributed by atoms with van der Waals surface area (Å²) in [4.78, 5) is 35.9. The molecular formula is C19H14N2O6. The van der Waals surface area contributed by atoms with E-state index in [1.54, 1.807) is 18.2 Å². The third-order valence-corrected chi connectivity index (χ3v) is 3.43. The zero-order valence-corrected chi connectivity index (χ0v) is 13.8. The van der Waals surface area contributed by atoms with Gasteiger partial charge in [0, 0.05) is 11.8 Å². The summed E-state index contributed by atoms with van der Waals surface area (Å²) in [6.07, 6.45) is 4.10. The van der Waals surface area contributed by atoms with Gasteiger partial charge in [-0.2, -0.15) is 0 Å². The zero-order chi connectivity index (χ0) is 19.2. The lowest BCUT2D eigenvalue weighted by Gasteiger charge is -2.10. The number of rotatable bonds is 6. The zero-order valence-electron chi connectivity index (χ0n) is 13.8. The van der Waals surface area contributed by atoms with E-state index in [-0.39, 0.29) is 22.7 Å². The fourth-order valence-electron chi connectivity index (χ4n) is 2.19. The molecule has 27 heavy (non-hydrogen) atoms. The number of carboxylic acid groups (broad SMARTS) is 1. The van der Waals surface area contributed by atoms with Crippen LogP contribution in [0.15, 0.2) is 75.6 Å². The second-order valence-corrected chi connectivity index (χ2v) is 5.34. The Morgan fingerprint density at radius 3 is 2.41 bits per heavy atom. The predicted molar refractivity (Wildman–Crippen MR) is 94.9 cm³/mol. The van der Waals surface area contributed by atoms with Crippen molar-refractivity contribution in [2.24, 2.45) is 0 Å². The first-order valence-corrected chi connectivity index (χ1v) is 7.78. The number of amides is 2. The monoisotopic (exact) mass is 366 g/mol. The van der Waals surface area contributed by atoms with Crippen LogP contribution in [0.3, 0.4) is 0 Å². The third kappa shape index (κ3) is 4.51. The number of benzene rings is 1. The van der Waals surface area contributed by atoms with E-state index in [0.717, 1.165) is 0 Å². The molecule has 0 aliphatic rings. The van der Waals surface area contributed by atoms with Gasteiger partial charge in [-0.25, -0.2) is 4.79 Å². The highest BCUT2D eigenvalue weighted by molar-refractivity contribution is 6.10. The number of hydrogen-bond acceptors (Lipinski definition) is 5. The molecule has 2 amide bonds. The fourth-order valence-corrected chi connectivity index (χ4v) is 2.19. The second kappa shape index (κ2) is 7.87. The molecule has 2 aromatic heterocycles. The maximum Gasteiger partial charge on any atom is 0.335 e. The van der Waals surface area contributed by atoms with Gasteiger partial charge in [-0.15, -0.1) is 0 Å². The maximum atomic E-state index is 12.6. The number of carbonyl (C=O) groups is 3. The molecule has 0 fully saturated rings.